The first-order valence-electron chi connectivity index (χ1n) is 5.65. The van der Waals surface area contributed by atoms with Crippen molar-refractivity contribution in [2.45, 2.75) is 26.3 Å². The molecular weight excluding hydrogens is 250 g/mol. The molecule has 0 aliphatic rings. The SMILES string of the molecule is COc1nc(NN)nc(NCC(=O)NC(C)(C)C)n1. The summed E-state index contributed by atoms with van der Waals surface area (Å²) >= 11 is 0. The summed E-state index contributed by atoms with van der Waals surface area (Å²) in [6.07, 6.45) is 0. The Labute approximate surface area is 111 Å². The Morgan fingerprint density at radius 3 is 2.42 bits per heavy atom. The maximum atomic E-state index is 11.6. The van der Waals surface area contributed by atoms with E-state index in [-0.39, 0.29) is 35.9 Å². The Hall–Kier alpha value is -2.16. The molecule has 1 amide bonds. The number of nitrogen functional groups attached to an aromatic ring is 1. The van der Waals surface area contributed by atoms with Gasteiger partial charge < -0.3 is 15.4 Å². The summed E-state index contributed by atoms with van der Waals surface area (Å²) < 4.78 is 4.89. The van der Waals surface area contributed by atoms with E-state index < -0.39 is 0 Å². The summed E-state index contributed by atoms with van der Waals surface area (Å²) in [7, 11) is 1.42. The highest BCUT2D eigenvalue weighted by atomic mass is 16.5. The summed E-state index contributed by atoms with van der Waals surface area (Å²) in [6.45, 7) is 5.72. The molecular formula is C10H19N7O2. The van der Waals surface area contributed by atoms with Crippen LogP contribution >= 0.6 is 0 Å². The second-order valence-electron chi connectivity index (χ2n) is 4.77. The van der Waals surface area contributed by atoms with E-state index in [9.17, 15) is 4.79 Å². The largest absolute Gasteiger partial charge is 0.467 e. The number of hydrazine groups is 1. The number of ether oxygens (including phenoxy) is 1. The van der Waals surface area contributed by atoms with E-state index in [0.717, 1.165) is 0 Å². The molecule has 0 fully saturated rings. The number of hydrogen-bond donors (Lipinski definition) is 4. The molecule has 1 rings (SSSR count). The minimum absolute atomic E-state index is 0.0362. The lowest BCUT2D eigenvalue weighted by Crippen LogP contribution is -2.43. The number of methoxy groups -OCH3 is 1. The summed E-state index contributed by atoms with van der Waals surface area (Å²) in [5.41, 5.74) is 1.99. The molecule has 1 aromatic rings. The maximum Gasteiger partial charge on any atom is 0.322 e. The van der Waals surface area contributed by atoms with Crippen molar-refractivity contribution >= 4 is 17.8 Å². The molecule has 19 heavy (non-hydrogen) atoms. The highest BCUT2D eigenvalue weighted by Crippen LogP contribution is 2.09. The normalized spacial score (nSPS) is 10.8. The second kappa shape index (κ2) is 6.14. The van der Waals surface area contributed by atoms with Crippen LogP contribution in [0.15, 0.2) is 0 Å². The van der Waals surface area contributed by atoms with Crippen molar-refractivity contribution in [1.29, 1.82) is 0 Å². The first-order chi connectivity index (χ1) is 8.84. The first-order valence-corrected chi connectivity index (χ1v) is 5.65. The van der Waals surface area contributed by atoms with Gasteiger partial charge >= 0.3 is 6.01 Å². The number of carbonyl (C=O) groups excluding carboxylic acids is 1. The Kier molecular flexibility index (Phi) is 4.81. The maximum absolute atomic E-state index is 11.6. The van der Waals surface area contributed by atoms with Gasteiger partial charge in [-0.15, -0.1) is 0 Å². The van der Waals surface area contributed by atoms with Crippen molar-refractivity contribution in [1.82, 2.24) is 20.3 Å². The third-order valence-corrected chi connectivity index (χ3v) is 1.85. The molecule has 9 heteroatoms. The molecule has 0 bridgehead atoms. The second-order valence-corrected chi connectivity index (χ2v) is 4.77. The molecule has 0 spiro atoms. The lowest BCUT2D eigenvalue weighted by molar-refractivity contribution is -0.120. The Morgan fingerprint density at radius 2 is 1.89 bits per heavy atom. The van der Waals surface area contributed by atoms with Gasteiger partial charge in [-0.25, -0.2) is 5.84 Å². The van der Waals surface area contributed by atoms with Gasteiger partial charge in [0.2, 0.25) is 17.8 Å². The molecule has 106 valence electrons. The third kappa shape index (κ3) is 5.34. The van der Waals surface area contributed by atoms with Gasteiger partial charge in [0.15, 0.2) is 0 Å². The minimum atomic E-state index is -0.292. The molecule has 1 heterocycles. The number of aromatic nitrogens is 3. The predicted octanol–water partition coefficient (Wildman–Crippen LogP) is -0.508. The standard InChI is InChI=1S/C10H19N7O2/c1-10(2,3)16-6(18)5-12-7-13-8(17-11)15-9(14-7)19-4/h5,11H2,1-4H3,(H,16,18)(H2,12,13,14,15,17). The molecule has 1 aromatic heterocycles. The molecule has 0 aromatic carbocycles. The van der Waals surface area contributed by atoms with E-state index in [0.29, 0.717) is 0 Å². The number of hydrogen-bond acceptors (Lipinski definition) is 8. The molecule has 0 atom stereocenters. The lowest BCUT2D eigenvalue weighted by atomic mass is 10.1. The number of carbonyl (C=O) groups is 1. The number of nitrogens with zero attached hydrogens (tertiary/aromatic N) is 3. The fraction of sp³-hybridized carbons (Fsp3) is 0.600. The number of rotatable bonds is 5. The van der Waals surface area contributed by atoms with Crippen LogP contribution < -0.4 is 26.6 Å². The van der Waals surface area contributed by atoms with Crippen LogP contribution in [-0.4, -0.2) is 40.1 Å². The van der Waals surface area contributed by atoms with Crippen molar-refractivity contribution in [3.63, 3.8) is 0 Å². The monoisotopic (exact) mass is 269 g/mol. The third-order valence-electron chi connectivity index (χ3n) is 1.85. The van der Waals surface area contributed by atoms with Gasteiger partial charge in [-0.05, 0) is 20.8 Å². The number of nitrogens with two attached hydrogens (primary N) is 1. The van der Waals surface area contributed by atoms with Crippen LogP contribution in [0.1, 0.15) is 20.8 Å². The van der Waals surface area contributed by atoms with E-state index in [4.69, 9.17) is 10.6 Å². The van der Waals surface area contributed by atoms with Crippen molar-refractivity contribution in [3.05, 3.63) is 0 Å². The number of nitrogens with one attached hydrogen (secondary N) is 3. The zero-order valence-electron chi connectivity index (χ0n) is 11.4. The molecule has 5 N–H and O–H groups in total. The van der Waals surface area contributed by atoms with Crippen molar-refractivity contribution < 1.29 is 9.53 Å². The molecule has 0 radical (unpaired) electrons. The van der Waals surface area contributed by atoms with Crippen molar-refractivity contribution in [2.24, 2.45) is 5.84 Å². The van der Waals surface area contributed by atoms with Crippen LogP contribution in [0, 0.1) is 0 Å². The van der Waals surface area contributed by atoms with E-state index in [1.807, 2.05) is 20.8 Å². The summed E-state index contributed by atoms with van der Waals surface area (Å²) in [4.78, 5) is 23.3. The van der Waals surface area contributed by atoms with E-state index in [2.05, 4.69) is 31.0 Å². The van der Waals surface area contributed by atoms with E-state index in [1.54, 1.807) is 0 Å². The van der Waals surface area contributed by atoms with Gasteiger partial charge in [-0.1, -0.05) is 0 Å². The van der Waals surface area contributed by atoms with Crippen LogP contribution in [0.4, 0.5) is 11.9 Å². The zero-order chi connectivity index (χ0) is 14.5. The summed E-state index contributed by atoms with van der Waals surface area (Å²) in [6, 6.07) is 0.0988. The highest BCUT2D eigenvalue weighted by molar-refractivity contribution is 5.80. The van der Waals surface area contributed by atoms with Gasteiger partial charge in [0, 0.05) is 5.54 Å². The van der Waals surface area contributed by atoms with Gasteiger partial charge in [-0.2, -0.15) is 15.0 Å². The predicted molar refractivity (Wildman–Crippen MR) is 70.6 cm³/mol. The van der Waals surface area contributed by atoms with Gasteiger partial charge in [0.1, 0.15) is 0 Å². The Bertz CT molecular complexity index is 422. The fourth-order valence-electron chi connectivity index (χ4n) is 1.21. The van der Waals surface area contributed by atoms with E-state index in [1.165, 1.54) is 7.11 Å². The molecule has 0 aliphatic carbocycles. The van der Waals surface area contributed by atoms with Gasteiger partial charge in [0.25, 0.3) is 0 Å². The first kappa shape index (κ1) is 14.9. The average Bonchev–Trinajstić information content (AvgIpc) is 2.33. The zero-order valence-corrected chi connectivity index (χ0v) is 11.4. The number of anilines is 2. The molecule has 9 nitrogen and oxygen atoms in total. The van der Waals surface area contributed by atoms with Gasteiger partial charge in [-0.3, -0.25) is 10.2 Å². The van der Waals surface area contributed by atoms with Crippen molar-refractivity contribution in [2.75, 3.05) is 24.4 Å². The molecule has 0 aliphatic heterocycles. The van der Waals surface area contributed by atoms with Crippen LogP contribution in [0.2, 0.25) is 0 Å². The smallest absolute Gasteiger partial charge is 0.322 e. The van der Waals surface area contributed by atoms with Crippen LogP contribution in [0.5, 0.6) is 6.01 Å². The Morgan fingerprint density at radius 1 is 1.26 bits per heavy atom. The van der Waals surface area contributed by atoms with Gasteiger partial charge in [0.05, 0.1) is 13.7 Å². The van der Waals surface area contributed by atoms with Crippen LogP contribution in [0.25, 0.3) is 0 Å². The highest BCUT2D eigenvalue weighted by Gasteiger charge is 2.14. The van der Waals surface area contributed by atoms with E-state index >= 15 is 0 Å². The minimum Gasteiger partial charge on any atom is -0.467 e. The van der Waals surface area contributed by atoms with Crippen LogP contribution in [-0.2, 0) is 4.79 Å². The Balaban J connectivity index is 2.64. The fourth-order valence-corrected chi connectivity index (χ4v) is 1.21. The topological polar surface area (TPSA) is 127 Å². The summed E-state index contributed by atoms with van der Waals surface area (Å²) in [5, 5.41) is 5.57. The molecule has 0 saturated heterocycles. The summed E-state index contributed by atoms with van der Waals surface area (Å²) in [5.74, 6) is 5.39. The molecule has 0 unspecified atom stereocenters. The average molecular weight is 269 g/mol. The van der Waals surface area contributed by atoms with Crippen molar-refractivity contribution in [3.8, 4) is 6.01 Å². The molecule has 0 saturated carbocycles. The number of amides is 1. The lowest BCUT2D eigenvalue weighted by Gasteiger charge is -2.20. The quantitative estimate of drug-likeness (QED) is 0.416. The van der Waals surface area contributed by atoms with Crippen LogP contribution in [0.3, 0.4) is 0 Å².